The number of nitrogens with zero attached hydrogens (tertiary/aromatic N) is 1. The number of hydrogen-bond acceptors (Lipinski definition) is 2. The molecule has 0 bridgehead atoms. The highest BCUT2D eigenvalue weighted by atomic mass is 79.9. The van der Waals surface area contributed by atoms with E-state index in [0.717, 1.165) is 15.6 Å². The normalized spacial score (nSPS) is 11.1. The molecule has 0 fully saturated rings. The van der Waals surface area contributed by atoms with E-state index in [-0.39, 0.29) is 11.4 Å². The maximum Gasteiger partial charge on any atom is 0.266 e. The van der Waals surface area contributed by atoms with E-state index in [9.17, 15) is 14.4 Å². The lowest BCUT2D eigenvalue weighted by atomic mass is 10.0. The molecule has 3 nitrogen and oxygen atoms in total. The highest BCUT2D eigenvalue weighted by Gasteiger charge is 2.11. The summed E-state index contributed by atoms with van der Waals surface area (Å²) in [5.41, 5.74) is 2.84. The molecule has 0 aliphatic heterocycles. The maximum absolute atomic E-state index is 13.4. The van der Waals surface area contributed by atoms with Gasteiger partial charge in [0.05, 0.1) is 10.0 Å². The molecule has 0 unspecified atom stereocenters. The molecule has 0 spiro atoms. The summed E-state index contributed by atoms with van der Waals surface area (Å²) in [6.45, 7) is 0. The van der Waals surface area contributed by atoms with Crippen LogP contribution in [0.15, 0.2) is 70.7 Å². The van der Waals surface area contributed by atoms with E-state index in [1.165, 1.54) is 24.3 Å². The van der Waals surface area contributed by atoms with Crippen LogP contribution in [0.1, 0.15) is 16.7 Å². The van der Waals surface area contributed by atoms with Gasteiger partial charge >= 0.3 is 0 Å². The number of halogens is 4. The lowest BCUT2D eigenvalue weighted by molar-refractivity contribution is -0.112. The van der Waals surface area contributed by atoms with Crippen molar-refractivity contribution in [3.63, 3.8) is 0 Å². The number of rotatable bonds is 5. The molecule has 7 heteroatoms. The zero-order valence-electron chi connectivity index (χ0n) is 15.4. The number of anilines is 1. The third kappa shape index (κ3) is 5.70. The van der Waals surface area contributed by atoms with Crippen LogP contribution >= 0.6 is 39.1 Å². The molecular weight excluding hydrogens is 490 g/mol. The Hall–Kier alpha value is -2.65. The first-order valence-electron chi connectivity index (χ1n) is 8.77. The van der Waals surface area contributed by atoms with Crippen molar-refractivity contribution in [2.75, 3.05) is 5.32 Å². The minimum absolute atomic E-state index is 0.0640. The Kier molecular flexibility index (Phi) is 7.28. The summed E-state index contributed by atoms with van der Waals surface area (Å²) in [5, 5.41) is 12.7. The molecule has 30 heavy (non-hydrogen) atoms. The Morgan fingerprint density at radius 2 is 1.90 bits per heavy atom. The average Bonchev–Trinajstić information content (AvgIpc) is 2.71. The van der Waals surface area contributed by atoms with Crippen molar-refractivity contribution in [1.29, 1.82) is 5.26 Å². The fraction of sp³-hybridized carbons (Fsp3) is 0.0435. The Morgan fingerprint density at radius 1 is 1.10 bits per heavy atom. The van der Waals surface area contributed by atoms with E-state index >= 15 is 0 Å². The Labute approximate surface area is 191 Å². The SMILES string of the molecule is N#C/C(=C\c1ccc(Cc2cccc(F)c2)c(Br)c1)C(=O)Nc1ccc(Cl)c(Cl)c1. The molecule has 0 aromatic heterocycles. The van der Waals surface area contributed by atoms with Crippen molar-refractivity contribution < 1.29 is 9.18 Å². The monoisotopic (exact) mass is 502 g/mol. The van der Waals surface area contributed by atoms with Gasteiger partial charge < -0.3 is 5.32 Å². The van der Waals surface area contributed by atoms with Gasteiger partial charge in [-0.25, -0.2) is 4.39 Å². The number of nitriles is 1. The summed E-state index contributed by atoms with van der Waals surface area (Å²) in [6.07, 6.45) is 2.04. The fourth-order valence-electron chi connectivity index (χ4n) is 2.75. The van der Waals surface area contributed by atoms with Crippen LogP contribution in [0.2, 0.25) is 10.0 Å². The van der Waals surface area contributed by atoms with Crippen LogP contribution in [0.25, 0.3) is 6.08 Å². The molecule has 0 saturated carbocycles. The number of nitrogens with one attached hydrogen (secondary N) is 1. The fourth-order valence-corrected chi connectivity index (χ4v) is 3.59. The highest BCUT2D eigenvalue weighted by Crippen LogP contribution is 2.26. The molecule has 3 rings (SSSR count). The van der Waals surface area contributed by atoms with Crippen molar-refractivity contribution in [3.8, 4) is 6.07 Å². The zero-order valence-corrected chi connectivity index (χ0v) is 18.5. The molecule has 0 saturated heterocycles. The smallest absolute Gasteiger partial charge is 0.266 e. The lowest BCUT2D eigenvalue weighted by Gasteiger charge is -2.08. The first kappa shape index (κ1) is 22.0. The van der Waals surface area contributed by atoms with Crippen LogP contribution in [-0.2, 0) is 11.2 Å². The van der Waals surface area contributed by atoms with Gasteiger partial charge in [-0.1, -0.05) is 63.4 Å². The second kappa shape index (κ2) is 9.90. The number of benzene rings is 3. The standard InChI is InChI=1S/C23H14BrCl2FN2O/c24-20-11-15(4-5-16(20)8-14-2-1-3-18(27)10-14)9-17(13-28)23(30)29-19-6-7-21(25)22(26)12-19/h1-7,9-12H,8H2,(H,29,30)/b17-9+. The molecule has 1 amide bonds. The summed E-state index contributed by atoms with van der Waals surface area (Å²) >= 11 is 15.3. The minimum Gasteiger partial charge on any atom is -0.321 e. The maximum atomic E-state index is 13.4. The quantitative estimate of drug-likeness (QED) is 0.300. The van der Waals surface area contributed by atoms with Gasteiger partial charge in [0.2, 0.25) is 0 Å². The van der Waals surface area contributed by atoms with Crippen LogP contribution in [-0.4, -0.2) is 5.91 Å². The molecule has 150 valence electrons. The molecule has 0 aliphatic rings. The highest BCUT2D eigenvalue weighted by molar-refractivity contribution is 9.10. The van der Waals surface area contributed by atoms with Gasteiger partial charge in [0.25, 0.3) is 5.91 Å². The summed E-state index contributed by atoms with van der Waals surface area (Å²) < 4.78 is 14.2. The van der Waals surface area contributed by atoms with Gasteiger partial charge in [-0.15, -0.1) is 0 Å². The predicted molar refractivity (Wildman–Crippen MR) is 122 cm³/mol. The third-order valence-corrected chi connectivity index (χ3v) is 5.69. The third-order valence-electron chi connectivity index (χ3n) is 4.21. The molecular formula is C23H14BrCl2FN2O. The molecule has 0 radical (unpaired) electrons. The van der Waals surface area contributed by atoms with E-state index in [0.29, 0.717) is 27.7 Å². The average molecular weight is 504 g/mol. The van der Waals surface area contributed by atoms with Crippen LogP contribution in [0.4, 0.5) is 10.1 Å². The zero-order chi connectivity index (χ0) is 21.7. The van der Waals surface area contributed by atoms with Crippen molar-refractivity contribution >= 4 is 56.8 Å². The molecule has 0 heterocycles. The van der Waals surface area contributed by atoms with Gasteiger partial charge in [0, 0.05) is 10.2 Å². The summed E-state index contributed by atoms with van der Waals surface area (Å²) in [7, 11) is 0. The van der Waals surface area contributed by atoms with Crippen LogP contribution in [0, 0.1) is 17.1 Å². The van der Waals surface area contributed by atoms with Crippen molar-refractivity contribution in [2.24, 2.45) is 0 Å². The van der Waals surface area contributed by atoms with Crippen molar-refractivity contribution in [1.82, 2.24) is 0 Å². The predicted octanol–water partition coefficient (Wildman–Crippen LogP) is 7.03. The van der Waals surface area contributed by atoms with Gasteiger partial charge in [-0.05, 0) is 65.6 Å². The van der Waals surface area contributed by atoms with E-state index in [1.54, 1.807) is 30.3 Å². The first-order valence-corrected chi connectivity index (χ1v) is 10.3. The Balaban J connectivity index is 1.78. The molecule has 1 N–H and O–H groups in total. The van der Waals surface area contributed by atoms with Gasteiger partial charge in [-0.2, -0.15) is 5.26 Å². The molecule has 0 atom stereocenters. The number of carbonyl (C=O) groups excluding carboxylic acids is 1. The first-order chi connectivity index (χ1) is 14.4. The lowest BCUT2D eigenvalue weighted by Crippen LogP contribution is -2.13. The second-order valence-corrected chi connectivity index (χ2v) is 8.08. The summed E-state index contributed by atoms with van der Waals surface area (Å²) in [6, 6.07) is 18.4. The number of carbonyl (C=O) groups is 1. The largest absolute Gasteiger partial charge is 0.321 e. The second-order valence-electron chi connectivity index (χ2n) is 6.41. The number of hydrogen-bond donors (Lipinski definition) is 1. The van der Waals surface area contributed by atoms with Crippen LogP contribution < -0.4 is 5.32 Å². The van der Waals surface area contributed by atoms with Crippen LogP contribution in [0.3, 0.4) is 0 Å². The van der Waals surface area contributed by atoms with E-state index in [4.69, 9.17) is 23.2 Å². The van der Waals surface area contributed by atoms with Gasteiger partial charge in [0.1, 0.15) is 17.5 Å². The number of amides is 1. The Morgan fingerprint density at radius 3 is 2.57 bits per heavy atom. The Bertz CT molecular complexity index is 1190. The molecule has 0 aliphatic carbocycles. The molecule has 3 aromatic carbocycles. The van der Waals surface area contributed by atoms with Gasteiger partial charge in [-0.3, -0.25) is 4.79 Å². The van der Waals surface area contributed by atoms with Crippen LogP contribution in [0.5, 0.6) is 0 Å². The van der Waals surface area contributed by atoms with Gasteiger partial charge in [0.15, 0.2) is 0 Å². The van der Waals surface area contributed by atoms with Crippen molar-refractivity contribution in [2.45, 2.75) is 6.42 Å². The van der Waals surface area contributed by atoms with E-state index < -0.39 is 5.91 Å². The topological polar surface area (TPSA) is 52.9 Å². The van der Waals surface area contributed by atoms with Crippen molar-refractivity contribution in [3.05, 3.63) is 103 Å². The van der Waals surface area contributed by atoms with E-state index in [1.807, 2.05) is 18.2 Å². The minimum atomic E-state index is -0.559. The molecule has 3 aromatic rings. The van der Waals surface area contributed by atoms with E-state index in [2.05, 4.69) is 21.2 Å². The summed E-state index contributed by atoms with van der Waals surface area (Å²) in [5.74, 6) is -0.842. The summed E-state index contributed by atoms with van der Waals surface area (Å²) in [4.78, 5) is 12.4.